The Morgan fingerprint density at radius 3 is 2.17 bits per heavy atom. The number of aryl methyl sites for hydroxylation is 1. The smallest absolute Gasteiger partial charge is 0.314 e. The third-order valence-electron chi connectivity index (χ3n) is 3.08. The Labute approximate surface area is 137 Å². The van der Waals surface area contributed by atoms with Crippen molar-refractivity contribution in [3.05, 3.63) is 58.6 Å². The molecule has 0 fully saturated rings. The molecule has 7 heteroatoms. The maximum Gasteiger partial charge on any atom is 0.314 e. The summed E-state index contributed by atoms with van der Waals surface area (Å²) in [6.07, 6.45) is 0. The molecule has 0 radical (unpaired) electrons. The van der Waals surface area contributed by atoms with E-state index in [0.29, 0.717) is 10.7 Å². The van der Waals surface area contributed by atoms with Crippen molar-refractivity contribution in [2.24, 2.45) is 5.73 Å². The van der Waals surface area contributed by atoms with Gasteiger partial charge in [-0.15, -0.1) is 0 Å². The van der Waals surface area contributed by atoms with Gasteiger partial charge in [0.05, 0.1) is 11.3 Å². The summed E-state index contributed by atoms with van der Waals surface area (Å²) in [5.74, 6) is -2.47. The molecular weight excluding hydrogens is 318 g/mol. The summed E-state index contributed by atoms with van der Waals surface area (Å²) >= 11 is 5.83. The van der Waals surface area contributed by atoms with Crippen LogP contribution < -0.4 is 16.4 Å². The average molecular weight is 332 g/mol. The molecule has 0 spiro atoms. The fraction of sp³-hybridized carbons (Fsp3) is 0.0625. The van der Waals surface area contributed by atoms with Crippen molar-refractivity contribution in [2.75, 3.05) is 10.6 Å². The van der Waals surface area contributed by atoms with E-state index >= 15 is 0 Å². The molecule has 4 N–H and O–H groups in total. The topological polar surface area (TPSA) is 101 Å². The predicted octanol–water partition coefficient (Wildman–Crippen LogP) is 2.32. The predicted molar refractivity (Wildman–Crippen MR) is 88.4 cm³/mol. The third-order valence-corrected chi connectivity index (χ3v) is 3.32. The molecule has 0 aliphatic carbocycles. The second-order valence-corrected chi connectivity index (χ2v) is 5.21. The number of amides is 3. The maximum atomic E-state index is 12.0. The molecule has 6 nitrogen and oxygen atoms in total. The second-order valence-electron chi connectivity index (χ2n) is 4.78. The fourth-order valence-electron chi connectivity index (χ4n) is 1.93. The molecule has 118 valence electrons. The van der Waals surface area contributed by atoms with Crippen LogP contribution in [0, 0.1) is 6.92 Å². The number of hydrogen-bond acceptors (Lipinski definition) is 3. The van der Waals surface area contributed by atoms with Gasteiger partial charge in [-0.05, 0) is 42.8 Å². The van der Waals surface area contributed by atoms with E-state index in [4.69, 9.17) is 17.3 Å². The molecule has 0 unspecified atom stereocenters. The standard InChI is InChI=1S/C16H14ClN3O3/c1-9-8-10(17)6-7-12(9)19-15(22)16(23)20-13-5-3-2-4-11(13)14(18)21/h2-8H,1H3,(H2,18,21)(H,19,22)(H,20,23). The Morgan fingerprint density at radius 2 is 1.57 bits per heavy atom. The van der Waals surface area contributed by atoms with E-state index in [2.05, 4.69) is 10.6 Å². The first kappa shape index (κ1) is 16.5. The molecule has 0 atom stereocenters. The Kier molecular flexibility index (Phi) is 4.98. The van der Waals surface area contributed by atoms with Crippen molar-refractivity contribution < 1.29 is 14.4 Å². The molecule has 3 amide bonds. The summed E-state index contributed by atoms with van der Waals surface area (Å²) in [6.45, 7) is 1.75. The van der Waals surface area contributed by atoms with Crippen LogP contribution in [0.5, 0.6) is 0 Å². The Bertz CT molecular complexity index is 790. The minimum Gasteiger partial charge on any atom is -0.366 e. The summed E-state index contributed by atoms with van der Waals surface area (Å²) in [4.78, 5) is 35.2. The average Bonchev–Trinajstić information content (AvgIpc) is 2.50. The number of nitrogens with one attached hydrogen (secondary N) is 2. The van der Waals surface area contributed by atoms with Gasteiger partial charge >= 0.3 is 11.8 Å². The molecule has 2 aromatic carbocycles. The summed E-state index contributed by atoms with van der Waals surface area (Å²) in [5.41, 5.74) is 6.71. The minimum atomic E-state index is -0.909. The number of primary amides is 1. The van der Waals surface area contributed by atoms with Gasteiger partial charge < -0.3 is 16.4 Å². The molecule has 0 aliphatic heterocycles. The Balaban J connectivity index is 2.12. The van der Waals surface area contributed by atoms with Gasteiger partial charge in [-0.2, -0.15) is 0 Å². The Morgan fingerprint density at radius 1 is 0.957 bits per heavy atom. The first-order valence-corrected chi connectivity index (χ1v) is 7.03. The van der Waals surface area contributed by atoms with Crippen LogP contribution >= 0.6 is 11.6 Å². The van der Waals surface area contributed by atoms with E-state index < -0.39 is 17.7 Å². The molecule has 0 heterocycles. The molecule has 0 saturated heterocycles. The highest BCUT2D eigenvalue weighted by Crippen LogP contribution is 2.20. The molecule has 23 heavy (non-hydrogen) atoms. The number of para-hydroxylation sites is 1. The highest BCUT2D eigenvalue weighted by molar-refractivity contribution is 6.44. The zero-order valence-corrected chi connectivity index (χ0v) is 13.0. The van der Waals surface area contributed by atoms with Gasteiger partial charge in [0.25, 0.3) is 5.91 Å². The number of halogens is 1. The fourth-order valence-corrected chi connectivity index (χ4v) is 2.16. The first-order chi connectivity index (χ1) is 10.9. The van der Waals surface area contributed by atoms with E-state index in [9.17, 15) is 14.4 Å². The van der Waals surface area contributed by atoms with Crippen molar-refractivity contribution in [1.29, 1.82) is 0 Å². The number of carbonyl (C=O) groups excluding carboxylic acids is 3. The van der Waals surface area contributed by atoms with Gasteiger partial charge in [0.15, 0.2) is 0 Å². The number of nitrogens with two attached hydrogens (primary N) is 1. The summed E-state index contributed by atoms with van der Waals surface area (Å²) in [5, 5.41) is 5.37. The lowest BCUT2D eigenvalue weighted by atomic mass is 10.1. The maximum absolute atomic E-state index is 12.0. The lowest BCUT2D eigenvalue weighted by Gasteiger charge is -2.10. The normalized spacial score (nSPS) is 10.0. The summed E-state index contributed by atoms with van der Waals surface area (Å²) in [7, 11) is 0. The highest BCUT2D eigenvalue weighted by Gasteiger charge is 2.17. The molecular formula is C16H14ClN3O3. The number of rotatable bonds is 3. The first-order valence-electron chi connectivity index (χ1n) is 6.66. The zero-order chi connectivity index (χ0) is 17.0. The van der Waals surface area contributed by atoms with Crippen molar-refractivity contribution in [3.8, 4) is 0 Å². The number of benzene rings is 2. The van der Waals surface area contributed by atoms with Crippen LogP contribution in [0.3, 0.4) is 0 Å². The van der Waals surface area contributed by atoms with Crippen LogP contribution in [0.15, 0.2) is 42.5 Å². The summed E-state index contributed by atoms with van der Waals surface area (Å²) < 4.78 is 0. The second kappa shape index (κ2) is 6.93. The van der Waals surface area contributed by atoms with Crippen LogP contribution in [0.25, 0.3) is 0 Å². The van der Waals surface area contributed by atoms with Crippen molar-refractivity contribution in [3.63, 3.8) is 0 Å². The van der Waals surface area contributed by atoms with Crippen LogP contribution in [0.1, 0.15) is 15.9 Å². The van der Waals surface area contributed by atoms with E-state index in [-0.39, 0.29) is 11.3 Å². The molecule has 0 saturated carbocycles. The minimum absolute atomic E-state index is 0.122. The summed E-state index contributed by atoms with van der Waals surface area (Å²) in [6, 6.07) is 11.0. The molecule has 0 aromatic heterocycles. The zero-order valence-electron chi connectivity index (χ0n) is 12.2. The van der Waals surface area contributed by atoms with Gasteiger partial charge in [-0.3, -0.25) is 14.4 Å². The van der Waals surface area contributed by atoms with Crippen LogP contribution in [-0.2, 0) is 9.59 Å². The van der Waals surface area contributed by atoms with Gasteiger partial charge in [0.2, 0.25) is 0 Å². The lowest BCUT2D eigenvalue weighted by Crippen LogP contribution is -2.30. The molecule has 0 aliphatic rings. The quantitative estimate of drug-likeness (QED) is 0.752. The van der Waals surface area contributed by atoms with E-state index in [1.54, 1.807) is 37.3 Å². The van der Waals surface area contributed by atoms with E-state index in [1.807, 2.05) is 0 Å². The van der Waals surface area contributed by atoms with Gasteiger partial charge in [0.1, 0.15) is 0 Å². The number of hydrogen-bond donors (Lipinski definition) is 3. The van der Waals surface area contributed by atoms with Crippen molar-refractivity contribution in [1.82, 2.24) is 0 Å². The Hall–Kier alpha value is -2.86. The van der Waals surface area contributed by atoms with Crippen molar-refractivity contribution >= 4 is 40.7 Å². The van der Waals surface area contributed by atoms with Crippen LogP contribution in [0.4, 0.5) is 11.4 Å². The monoisotopic (exact) mass is 331 g/mol. The molecule has 2 rings (SSSR count). The largest absolute Gasteiger partial charge is 0.366 e. The number of anilines is 2. The molecule has 0 bridgehead atoms. The SMILES string of the molecule is Cc1cc(Cl)ccc1NC(=O)C(=O)Nc1ccccc1C(N)=O. The van der Waals surface area contributed by atoms with Crippen molar-refractivity contribution in [2.45, 2.75) is 6.92 Å². The van der Waals surface area contributed by atoms with Gasteiger partial charge in [-0.25, -0.2) is 0 Å². The number of carbonyl (C=O) groups is 3. The third kappa shape index (κ3) is 4.08. The van der Waals surface area contributed by atoms with Gasteiger partial charge in [-0.1, -0.05) is 23.7 Å². The highest BCUT2D eigenvalue weighted by atomic mass is 35.5. The lowest BCUT2D eigenvalue weighted by molar-refractivity contribution is -0.133. The van der Waals surface area contributed by atoms with Gasteiger partial charge in [0, 0.05) is 10.7 Å². The van der Waals surface area contributed by atoms with E-state index in [1.165, 1.54) is 12.1 Å². The van der Waals surface area contributed by atoms with E-state index in [0.717, 1.165) is 5.56 Å². The van der Waals surface area contributed by atoms with Crippen LogP contribution in [-0.4, -0.2) is 17.7 Å². The van der Waals surface area contributed by atoms with Crippen LogP contribution in [0.2, 0.25) is 5.02 Å². The molecule has 2 aromatic rings.